The topological polar surface area (TPSA) is 101 Å². The maximum Gasteiger partial charge on any atom is 0.416 e. The second-order valence-corrected chi connectivity index (χ2v) is 14.4. The number of esters is 1. The Labute approximate surface area is 318 Å². The number of halogens is 6. The summed E-state index contributed by atoms with van der Waals surface area (Å²) in [5, 5.41) is 13.4. The summed E-state index contributed by atoms with van der Waals surface area (Å²) in [6.45, 7) is 5.58. The van der Waals surface area contributed by atoms with Crippen molar-refractivity contribution in [3.63, 3.8) is 0 Å². The third-order valence-corrected chi connectivity index (χ3v) is 9.80. The third-order valence-electron chi connectivity index (χ3n) is 9.30. The van der Waals surface area contributed by atoms with Gasteiger partial charge in [0.25, 0.3) is 5.56 Å². The van der Waals surface area contributed by atoms with E-state index in [4.69, 9.17) is 0 Å². The average Bonchev–Trinajstić information content (AvgIpc) is 3.93. The molecule has 2 fully saturated rings. The van der Waals surface area contributed by atoms with Gasteiger partial charge in [0.15, 0.2) is 0 Å². The van der Waals surface area contributed by atoms with Crippen LogP contribution in [0.3, 0.4) is 0 Å². The van der Waals surface area contributed by atoms with Crippen molar-refractivity contribution in [1.29, 1.82) is 0 Å². The third kappa shape index (κ3) is 9.94. The van der Waals surface area contributed by atoms with Gasteiger partial charge in [-0.2, -0.15) is 13.2 Å². The fourth-order valence-corrected chi connectivity index (χ4v) is 6.94. The number of phenols is 1. The van der Waals surface area contributed by atoms with Crippen LogP contribution in [-0.4, -0.2) is 58.9 Å². The molecule has 14 heteroatoms. The summed E-state index contributed by atoms with van der Waals surface area (Å²) in [5.41, 5.74) is 0.517. The van der Waals surface area contributed by atoms with Gasteiger partial charge in [-0.15, -0.1) is 0 Å². The lowest BCUT2D eigenvalue weighted by Gasteiger charge is -2.34. The number of rotatable bonds is 11. The summed E-state index contributed by atoms with van der Waals surface area (Å²) < 4.78 is 77.4. The molecule has 2 heterocycles. The predicted molar refractivity (Wildman–Crippen MR) is 197 cm³/mol. The smallest absolute Gasteiger partial charge is 0.416 e. The molecule has 6 rings (SSSR count). The Morgan fingerprint density at radius 1 is 1.06 bits per heavy atom. The van der Waals surface area contributed by atoms with Gasteiger partial charge < -0.3 is 15.2 Å². The Balaban J connectivity index is 0.000000864. The number of ether oxygens (including phenoxy) is 1. The number of benzene rings is 3. The fourth-order valence-electron chi connectivity index (χ4n) is 6.52. The molecule has 1 aromatic heterocycles. The number of hydrogen-bond donors (Lipinski definition) is 2. The SMILES string of the molecule is CCOC(C)=O.Cc1cccc(O)c1-c1cc(CNC(=O)C(c2cccc(Br)c2)n2cc(CCN3CC(F)C3)c(C(F)(F)F)cc2=O)c(F)c(C2CC2)c1. The van der Waals surface area contributed by atoms with Crippen LogP contribution >= 0.6 is 15.9 Å². The Hall–Kier alpha value is -4.56. The van der Waals surface area contributed by atoms with Crippen LogP contribution in [0.15, 0.2) is 76.1 Å². The highest BCUT2D eigenvalue weighted by molar-refractivity contribution is 9.10. The molecule has 0 spiro atoms. The number of phenolic OH excluding ortho intramolecular Hbond substituents is 1. The molecule has 8 nitrogen and oxygen atoms in total. The van der Waals surface area contributed by atoms with Crippen molar-refractivity contribution in [2.24, 2.45) is 0 Å². The van der Waals surface area contributed by atoms with E-state index in [1.807, 2.05) is 13.0 Å². The minimum absolute atomic E-state index is 0.0103. The molecule has 1 saturated carbocycles. The first-order valence-corrected chi connectivity index (χ1v) is 18.3. The molecule has 2 N–H and O–H groups in total. The molecular formula is C40H41BrF5N3O5. The summed E-state index contributed by atoms with van der Waals surface area (Å²) in [6.07, 6.45) is -3.31. The number of carbonyl (C=O) groups is 2. The van der Waals surface area contributed by atoms with E-state index < -0.39 is 41.2 Å². The van der Waals surface area contributed by atoms with Crippen molar-refractivity contribution < 1.29 is 41.4 Å². The number of aryl methyl sites for hydroxylation is 1. The second-order valence-electron chi connectivity index (χ2n) is 13.4. The predicted octanol–water partition coefficient (Wildman–Crippen LogP) is 8.00. The zero-order valence-corrected chi connectivity index (χ0v) is 31.6. The normalized spacial score (nSPS) is 15.1. The van der Waals surface area contributed by atoms with Crippen LogP contribution in [0.4, 0.5) is 22.0 Å². The first-order valence-electron chi connectivity index (χ1n) is 17.5. The molecule has 4 aromatic rings. The number of likely N-dealkylation sites (tertiary alicyclic amines) is 1. The maximum atomic E-state index is 15.9. The van der Waals surface area contributed by atoms with Crippen molar-refractivity contribution in [2.75, 3.05) is 26.2 Å². The molecule has 1 aliphatic heterocycles. The lowest BCUT2D eigenvalue weighted by Crippen LogP contribution is -2.49. The van der Waals surface area contributed by atoms with E-state index in [1.165, 1.54) is 6.92 Å². The highest BCUT2D eigenvalue weighted by atomic mass is 79.9. The number of nitrogens with zero attached hydrogens (tertiary/aromatic N) is 2. The van der Waals surface area contributed by atoms with Crippen LogP contribution in [0.5, 0.6) is 5.75 Å². The Morgan fingerprint density at radius 3 is 2.33 bits per heavy atom. The molecule has 1 unspecified atom stereocenters. The first-order chi connectivity index (χ1) is 25.6. The van der Waals surface area contributed by atoms with E-state index in [-0.39, 0.29) is 61.4 Å². The lowest BCUT2D eigenvalue weighted by atomic mass is 9.93. The van der Waals surface area contributed by atoms with Crippen LogP contribution in [0.1, 0.15) is 72.0 Å². The molecule has 3 aromatic carbocycles. The van der Waals surface area contributed by atoms with Gasteiger partial charge in [0.1, 0.15) is 23.8 Å². The molecular weight excluding hydrogens is 777 g/mol. The largest absolute Gasteiger partial charge is 0.507 e. The van der Waals surface area contributed by atoms with Gasteiger partial charge in [-0.1, -0.05) is 40.2 Å². The zero-order chi connectivity index (χ0) is 39.3. The van der Waals surface area contributed by atoms with Crippen LogP contribution in [-0.2, 0) is 33.5 Å². The van der Waals surface area contributed by atoms with Crippen molar-refractivity contribution >= 4 is 27.8 Å². The molecule has 1 aliphatic carbocycles. The highest BCUT2D eigenvalue weighted by Gasteiger charge is 2.36. The Kier molecular flexibility index (Phi) is 13.0. The number of alkyl halides is 4. The van der Waals surface area contributed by atoms with E-state index in [0.717, 1.165) is 29.2 Å². The van der Waals surface area contributed by atoms with Crippen LogP contribution in [0.25, 0.3) is 11.1 Å². The van der Waals surface area contributed by atoms with Gasteiger partial charge in [-0.25, -0.2) is 8.78 Å². The van der Waals surface area contributed by atoms with E-state index in [2.05, 4.69) is 26.0 Å². The molecule has 2 aliphatic rings. The number of nitrogens with one attached hydrogen (secondary N) is 1. The standard InChI is InChI=1S/C36H33BrF5N3O3.C4H8O2/c1-20-4-2-7-30(46)32(20)24-12-25(33(39)28(14-24)21-8-9-21)16-43-35(48)34(22-5-3-6-26(37)13-22)45-17-23(10-11-44-18-27(38)19-44)29(15-31(45)47)36(40,41)42;1-3-6-4(2)5/h2-7,12-15,17,21,27,34,46H,8-11,16,18-19H2,1H3,(H,43,48);3H2,1-2H3. The maximum absolute atomic E-state index is 15.9. The monoisotopic (exact) mass is 817 g/mol. The van der Waals surface area contributed by atoms with Crippen LogP contribution < -0.4 is 10.9 Å². The quantitative estimate of drug-likeness (QED) is 0.118. The first kappa shape index (κ1) is 40.6. The van der Waals surface area contributed by atoms with E-state index >= 15 is 4.39 Å². The summed E-state index contributed by atoms with van der Waals surface area (Å²) >= 11 is 3.36. The molecule has 0 bridgehead atoms. The number of hydrogen-bond acceptors (Lipinski definition) is 6. The van der Waals surface area contributed by atoms with Gasteiger partial charge in [0, 0.05) is 61.0 Å². The number of amides is 1. The lowest BCUT2D eigenvalue weighted by molar-refractivity contribution is -0.140. The van der Waals surface area contributed by atoms with Gasteiger partial charge in [0.05, 0.1) is 12.2 Å². The molecule has 288 valence electrons. The minimum atomic E-state index is -4.83. The van der Waals surface area contributed by atoms with Crippen LogP contribution in [0, 0.1) is 12.7 Å². The average molecular weight is 819 g/mol. The van der Waals surface area contributed by atoms with Crippen molar-refractivity contribution in [1.82, 2.24) is 14.8 Å². The van der Waals surface area contributed by atoms with Crippen LogP contribution in [0.2, 0.25) is 0 Å². The minimum Gasteiger partial charge on any atom is -0.507 e. The Bertz CT molecular complexity index is 2040. The number of aromatic nitrogens is 1. The molecule has 0 radical (unpaired) electrons. The summed E-state index contributed by atoms with van der Waals surface area (Å²) in [6, 6.07) is 14.0. The van der Waals surface area contributed by atoms with Crippen molar-refractivity contribution in [2.45, 2.75) is 70.9 Å². The van der Waals surface area contributed by atoms with E-state index in [1.54, 1.807) is 60.4 Å². The summed E-state index contributed by atoms with van der Waals surface area (Å²) in [7, 11) is 0. The van der Waals surface area contributed by atoms with Crippen molar-refractivity contribution in [3.8, 4) is 16.9 Å². The zero-order valence-electron chi connectivity index (χ0n) is 30.0. The van der Waals surface area contributed by atoms with Gasteiger partial charge in [-0.3, -0.25) is 23.9 Å². The van der Waals surface area contributed by atoms with Gasteiger partial charge in [-0.05, 0) is 97.2 Å². The van der Waals surface area contributed by atoms with E-state index in [0.29, 0.717) is 39.4 Å². The van der Waals surface area contributed by atoms with Crippen molar-refractivity contribution in [3.05, 3.63) is 121 Å². The summed E-state index contributed by atoms with van der Waals surface area (Å²) in [4.78, 5) is 38.9. The highest BCUT2D eigenvalue weighted by Crippen LogP contribution is 2.44. The van der Waals surface area contributed by atoms with E-state index in [9.17, 15) is 37.1 Å². The summed E-state index contributed by atoms with van der Waals surface area (Å²) in [5.74, 6) is -1.39. The molecule has 1 atom stereocenters. The number of aromatic hydroxyl groups is 1. The Morgan fingerprint density at radius 2 is 1.76 bits per heavy atom. The number of carbonyl (C=O) groups excluding carboxylic acids is 2. The van der Waals surface area contributed by atoms with Gasteiger partial charge in [0.2, 0.25) is 5.91 Å². The molecule has 1 amide bonds. The molecule has 1 saturated heterocycles. The molecule has 54 heavy (non-hydrogen) atoms. The van der Waals surface area contributed by atoms with Gasteiger partial charge >= 0.3 is 12.1 Å². The number of pyridine rings is 1. The fraction of sp³-hybridized carbons (Fsp3) is 0.375. The second kappa shape index (κ2) is 17.3.